The Kier molecular flexibility index (Phi) is 4.60. The van der Waals surface area contributed by atoms with Crippen molar-refractivity contribution in [1.82, 2.24) is 5.32 Å². The van der Waals surface area contributed by atoms with Crippen molar-refractivity contribution in [3.8, 4) is 5.75 Å². The lowest BCUT2D eigenvalue weighted by Crippen LogP contribution is -2.31. The van der Waals surface area contributed by atoms with Crippen molar-refractivity contribution in [3.63, 3.8) is 0 Å². The number of rotatable bonds is 5. The van der Waals surface area contributed by atoms with Gasteiger partial charge in [-0.3, -0.25) is 4.79 Å². The molecule has 0 bridgehead atoms. The monoisotopic (exact) mass is 313 g/mol. The summed E-state index contributed by atoms with van der Waals surface area (Å²) in [5, 5.41) is 2.93. The van der Waals surface area contributed by atoms with Gasteiger partial charge in [-0.1, -0.05) is 18.2 Å². The predicted molar refractivity (Wildman–Crippen MR) is 86.9 cm³/mol. The Bertz CT molecular complexity index is 697. The molecule has 120 valence electrons. The molecule has 1 atom stereocenters. The Labute approximate surface area is 135 Å². The molecule has 0 fully saturated rings. The highest BCUT2D eigenvalue weighted by Crippen LogP contribution is 2.25. The second-order valence-corrected chi connectivity index (χ2v) is 5.91. The quantitative estimate of drug-likeness (QED) is 0.916. The lowest BCUT2D eigenvalue weighted by Gasteiger charge is -2.16. The number of aryl methyl sites for hydroxylation is 2. The molecule has 0 aromatic heterocycles. The molecule has 2 aromatic carbocycles. The number of carbonyl (C=O) groups excluding carboxylic acids is 1. The van der Waals surface area contributed by atoms with Gasteiger partial charge in [0.25, 0.3) is 5.91 Å². The molecule has 0 spiro atoms. The first kappa shape index (κ1) is 15.5. The van der Waals surface area contributed by atoms with Crippen LogP contribution in [0.25, 0.3) is 0 Å². The van der Waals surface area contributed by atoms with Crippen LogP contribution >= 0.6 is 0 Å². The zero-order chi connectivity index (χ0) is 16.2. The fourth-order valence-corrected chi connectivity index (χ4v) is 2.91. The number of carbonyl (C=O) groups is 1. The summed E-state index contributed by atoms with van der Waals surface area (Å²) in [6.07, 6.45) is 3.49. The van der Waals surface area contributed by atoms with Gasteiger partial charge in [0.2, 0.25) is 0 Å². The van der Waals surface area contributed by atoms with E-state index in [1.54, 1.807) is 0 Å². The molecule has 0 aliphatic heterocycles. The van der Waals surface area contributed by atoms with Gasteiger partial charge in [0, 0.05) is 0 Å². The van der Waals surface area contributed by atoms with Crippen molar-refractivity contribution in [2.24, 2.45) is 0 Å². The predicted octanol–water partition coefficient (Wildman–Crippen LogP) is 3.57. The number of ether oxygens (including phenoxy) is 1. The van der Waals surface area contributed by atoms with E-state index in [1.807, 2.05) is 6.92 Å². The van der Waals surface area contributed by atoms with E-state index in [0.29, 0.717) is 5.75 Å². The SMILES string of the molecule is C[C@@H](NC(=O)COc1ccc(F)cc1)c1ccc2c(c1)CCC2. The van der Waals surface area contributed by atoms with E-state index in [-0.39, 0.29) is 24.4 Å². The Balaban J connectivity index is 1.54. The molecule has 1 amide bonds. The van der Waals surface area contributed by atoms with Gasteiger partial charge in [-0.15, -0.1) is 0 Å². The van der Waals surface area contributed by atoms with E-state index in [0.717, 1.165) is 18.4 Å². The highest BCUT2D eigenvalue weighted by atomic mass is 19.1. The zero-order valence-corrected chi connectivity index (χ0v) is 13.1. The topological polar surface area (TPSA) is 38.3 Å². The van der Waals surface area contributed by atoms with Gasteiger partial charge in [-0.05, 0) is 67.1 Å². The molecule has 0 radical (unpaired) electrons. The number of hydrogen-bond donors (Lipinski definition) is 1. The smallest absolute Gasteiger partial charge is 0.258 e. The van der Waals surface area contributed by atoms with E-state index in [2.05, 4.69) is 23.5 Å². The first-order chi connectivity index (χ1) is 11.1. The van der Waals surface area contributed by atoms with Crippen LogP contribution in [0, 0.1) is 5.82 Å². The minimum absolute atomic E-state index is 0.0646. The number of hydrogen-bond acceptors (Lipinski definition) is 2. The van der Waals surface area contributed by atoms with Crippen LogP contribution in [0.3, 0.4) is 0 Å². The third-order valence-electron chi connectivity index (χ3n) is 4.18. The largest absolute Gasteiger partial charge is 0.484 e. The summed E-state index contributed by atoms with van der Waals surface area (Å²) in [4.78, 5) is 12.0. The Morgan fingerprint density at radius 2 is 1.91 bits per heavy atom. The summed E-state index contributed by atoms with van der Waals surface area (Å²) in [5.41, 5.74) is 3.93. The number of nitrogens with one attached hydrogen (secondary N) is 1. The average Bonchev–Trinajstić information content (AvgIpc) is 3.02. The van der Waals surface area contributed by atoms with E-state index >= 15 is 0 Å². The van der Waals surface area contributed by atoms with Crippen LogP contribution in [-0.4, -0.2) is 12.5 Å². The first-order valence-electron chi connectivity index (χ1n) is 7.91. The molecular formula is C19H20FNO2. The summed E-state index contributed by atoms with van der Waals surface area (Å²) in [6.45, 7) is 1.88. The van der Waals surface area contributed by atoms with Gasteiger partial charge in [-0.2, -0.15) is 0 Å². The van der Waals surface area contributed by atoms with Gasteiger partial charge >= 0.3 is 0 Å². The fraction of sp³-hybridized carbons (Fsp3) is 0.316. The Morgan fingerprint density at radius 3 is 2.70 bits per heavy atom. The number of halogens is 1. The van der Waals surface area contributed by atoms with E-state index < -0.39 is 0 Å². The van der Waals surface area contributed by atoms with Gasteiger partial charge in [0.05, 0.1) is 6.04 Å². The summed E-state index contributed by atoms with van der Waals surface area (Å²) < 4.78 is 18.2. The minimum Gasteiger partial charge on any atom is -0.484 e. The Hall–Kier alpha value is -2.36. The fourth-order valence-electron chi connectivity index (χ4n) is 2.91. The minimum atomic E-state index is -0.327. The molecular weight excluding hydrogens is 293 g/mol. The highest BCUT2D eigenvalue weighted by Gasteiger charge is 2.15. The summed E-state index contributed by atoms with van der Waals surface area (Å²) in [5.74, 6) is -0.0407. The van der Waals surface area contributed by atoms with Gasteiger partial charge in [0.1, 0.15) is 11.6 Å². The highest BCUT2D eigenvalue weighted by molar-refractivity contribution is 5.78. The molecule has 4 heteroatoms. The molecule has 1 aliphatic rings. The summed E-state index contributed by atoms with van der Waals surface area (Å²) in [6, 6.07) is 12.0. The molecule has 23 heavy (non-hydrogen) atoms. The van der Waals surface area contributed by atoms with Crippen LogP contribution in [0.15, 0.2) is 42.5 Å². The molecule has 3 rings (SSSR count). The Morgan fingerprint density at radius 1 is 1.17 bits per heavy atom. The zero-order valence-electron chi connectivity index (χ0n) is 13.1. The van der Waals surface area contributed by atoms with Crippen LogP contribution in [0.5, 0.6) is 5.75 Å². The molecule has 0 saturated carbocycles. The van der Waals surface area contributed by atoms with Gasteiger partial charge in [-0.25, -0.2) is 4.39 Å². The van der Waals surface area contributed by atoms with Gasteiger partial charge in [0.15, 0.2) is 6.61 Å². The van der Waals surface area contributed by atoms with Crippen molar-refractivity contribution in [2.45, 2.75) is 32.2 Å². The third kappa shape index (κ3) is 3.89. The molecule has 1 aliphatic carbocycles. The van der Waals surface area contributed by atoms with Crippen LogP contribution in [0.2, 0.25) is 0 Å². The maximum Gasteiger partial charge on any atom is 0.258 e. The molecule has 1 N–H and O–H groups in total. The normalized spacial score (nSPS) is 14.2. The molecule has 0 saturated heterocycles. The summed E-state index contributed by atoms with van der Waals surface area (Å²) >= 11 is 0. The van der Waals surface area contributed by atoms with E-state index in [4.69, 9.17) is 4.74 Å². The first-order valence-corrected chi connectivity index (χ1v) is 7.91. The van der Waals surface area contributed by atoms with Crippen LogP contribution in [0.4, 0.5) is 4.39 Å². The van der Waals surface area contributed by atoms with Crippen LogP contribution < -0.4 is 10.1 Å². The average molecular weight is 313 g/mol. The lowest BCUT2D eigenvalue weighted by molar-refractivity contribution is -0.123. The van der Waals surface area contributed by atoms with Crippen LogP contribution in [-0.2, 0) is 17.6 Å². The lowest BCUT2D eigenvalue weighted by atomic mass is 10.0. The second kappa shape index (κ2) is 6.82. The molecule has 0 heterocycles. The number of benzene rings is 2. The number of amides is 1. The standard InChI is InChI=1S/C19H20FNO2/c1-13(15-6-5-14-3-2-4-16(14)11-15)21-19(22)12-23-18-9-7-17(20)8-10-18/h5-11,13H,2-4,12H2,1H3,(H,21,22)/t13-/m1/s1. The number of fused-ring (bicyclic) bond motifs is 1. The molecule has 0 unspecified atom stereocenters. The third-order valence-corrected chi connectivity index (χ3v) is 4.18. The van der Waals surface area contributed by atoms with Crippen molar-refractivity contribution >= 4 is 5.91 Å². The van der Waals surface area contributed by atoms with E-state index in [1.165, 1.54) is 41.8 Å². The molecule has 3 nitrogen and oxygen atoms in total. The van der Waals surface area contributed by atoms with Crippen molar-refractivity contribution < 1.29 is 13.9 Å². The van der Waals surface area contributed by atoms with Crippen LogP contribution in [0.1, 0.15) is 36.1 Å². The van der Waals surface area contributed by atoms with Crippen molar-refractivity contribution in [2.75, 3.05) is 6.61 Å². The van der Waals surface area contributed by atoms with E-state index in [9.17, 15) is 9.18 Å². The maximum atomic E-state index is 12.8. The van der Waals surface area contributed by atoms with Gasteiger partial charge < -0.3 is 10.1 Å². The maximum absolute atomic E-state index is 12.8. The molecule has 2 aromatic rings. The summed E-state index contributed by atoms with van der Waals surface area (Å²) in [7, 11) is 0. The second-order valence-electron chi connectivity index (χ2n) is 5.91. The van der Waals surface area contributed by atoms with Crippen molar-refractivity contribution in [3.05, 3.63) is 65.0 Å². The van der Waals surface area contributed by atoms with Crippen molar-refractivity contribution in [1.29, 1.82) is 0 Å².